The number of hydrogen-bond donors (Lipinski definition) is 2. The molecule has 5 heterocycles. The van der Waals surface area contributed by atoms with Gasteiger partial charge in [-0.25, -0.2) is 4.98 Å². The Morgan fingerprint density at radius 3 is 2.40 bits per heavy atom. The van der Waals surface area contributed by atoms with Crippen LogP contribution in [0.2, 0.25) is 0 Å². The molecule has 1 saturated heterocycles. The van der Waals surface area contributed by atoms with Gasteiger partial charge in [0.25, 0.3) is 5.91 Å². The van der Waals surface area contributed by atoms with Gasteiger partial charge in [0.15, 0.2) is 0 Å². The molecule has 1 fully saturated rings. The van der Waals surface area contributed by atoms with Gasteiger partial charge in [0, 0.05) is 68.0 Å². The highest BCUT2D eigenvalue weighted by Crippen LogP contribution is 2.34. The van der Waals surface area contributed by atoms with Gasteiger partial charge in [-0.3, -0.25) is 14.3 Å². The Morgan fingerprint density at radius 2 is 1.67 bits per heavy atom. The SMILES string of the molecule is CC1(Cn2cc(-c3ccc(C(=O)NCc4ccn5ccnc5c4)s3)cn2)CCN(C(=O)CCOCCOCCOCCOCCN)CC1. The number of aromatic nitrogens is 4. The average molecular weight is 682 g/mol. The first-order valence-corrected chi connectivity index (χ1v) is 17.4. The first-order valence-electron chi connectivity index (χ1n) is 16.5. The predicted molar refractivity (Wildman–Crippen MR) is 183 cm³/mol. The molecule has 48 heavy (non-hydrogen) atoms. The maximum absolute atomic E-state index is 12.8. The molecule has 14 heteroatoms. The van der Waals surface area contributed by atoms with Crippen LogP contribution in [0.5, 0.6) is 0 Å². The molecule has 260 valence electrons. The van der Waals surface area contributed by atoms with Gasteiger partial charge >= 0.3 is 0 Å². The minimum absolute atomic E-state index is 0.0367. The van der Waals surface area contributed by atoms with Crippen LogP contribution in [0, 0.1) is 5.41 Å². The molecule has 0 spiro atoms. The first kappa shape index (κ1) is 35.6. The number of nitrogens with one attached hydrogen (secondary N) is 1. The number of ether oxygens (including phenoxy) is 4. The number of amides is 2. The molecule has 0 saturated carbocycles. The van der Waals surface area contributed by atoms with E-state index in [1.54, 1.807) is 6.20 Å². The summed E-state index contributed by atoms with van der Waals surface area (Å²) >= 11 is 1.46. The van der Waals surface area contributed by atoms with E-state index < -0.39 is 0 Å². The van der Waals surface area contributed by atoms with Gasteiger partial charge in [-0.1, -0.05) is 6.92 Å². The van der Waals surface area contributed by atoms with Gasteiger partial charge in [0.2, 0.25) is 5.91 Å². The molecule has 4 aromatic heterocycles. The Hall–Kier alpha value is -3.66. The molecule has 0 bridgehead atoms. The quantitative estimate of drug-likeness (QED) is 0.134. The molecule has 0 unspecified atom stereocenters. The number of pyridine rings is 1. The maximum Gasteiger partial charge on any atom is 0.261 e. The van der Waals surface area contributed by atoms with Gasteiger partial charge < -0.3 is 39.3 Å². The van der Waals surface area contributed by atoms with E-state index in [9.17, 15) is 9.59 Å². The van der Waals surface area contributed by atoms with Crippen molar-refractivity contribution in [1.29, 1.82) is 0 Å². The number of piperidine rings is 1. The number of nitrogens with zero attached hydrogens (tertiary/aromatic N) is 5. The number of nitrogens with two attached hydrogens (primary N) is 1. The second-order valence-electron chi connectivity index (χ2n) is 12.2. The minimum atomic E-state index is -0.102. The third kappa shape index (κ3) is 10.7. The van der Waals surface area contributed by atoms with Crippen molar-refractivity contribution in [3.8, 4) is 10.4 Å². The van der Waals surface area contributed by atoms with Crippen LogP contribution in [0.25, 0.3) is 16.1 Å². The van der Waals surface area contributed by atoms with Crippen molar-refractivity contribution in [2.45, 2.75) is 39.3 Å². The van der Waals surface area contributed by atoms with Crippen molar-refractivity contribution in [3.63, 3.8) is 0 Å². The number of likely N-dealkylation sites (tertiary alicyclic amines) is 1. The summed E-state index contributed by atoms with van der Waals surface area (Å²) in [5, 5.41) is 7.64. The molecule has 4 aromatic rings. The van der Waals surface area contributed by atoms with E-state index >= 15 is 0 Å². The monoisotopic (exact) mass is 681 g/mol. The van der Waals surface area contributed by atoms with Gasteiger partial charge in [0.1, 0.15) is 5.65 Å². The smallest absolute Gasteiger partial charge is 0.261 e. The number of hydrogen-bond acceptors (Lipinski definition) is 10. The fraction of sp³-hybridized carbons (Fsp3) is 0.529. The summed E-state index contributed by atoms with van der Waals surface area (Å²) in [7, 11) is 0. The highest BCUT2D eigenvalue weighted by molar-refractivity contribution is 7.17. The van der Waals surface area contributed by atoms with E-state index in [1.807, 2.05) is 63.0 Å². The third-order valence-corrected chi connectivity index (χ3v) is 9.50. The fourth-order valence-corrected chi connectivity index (χ4v) is 6.43. The Kier molecular flexibility index (Phi) is 13.5. The molecule has 2 amide bonds. The molecule has 1 aliphatic rings. The molecule has 0 aromatic carbocycles. The summed E-state index contributed by atoms with van der Waals surface area (Å²) in [6.07, 6.45) is 11.7. The summed E-state index contributed by atoms with van der Waals surface area (Å²) < 4.78 is 25.7. The zero-order chi connectivity index (χ0) is 33.6. The van der Waals surface area contributed by atoms with Crippen molar-refractivity contribution < 1.29 is 28.5 Å². The van der Waals surface area contributed by atoms with Gasteiger partial charge in [-0.05, 0) is 48.1 Å². The summed E-state index contributed by atoms with van der Waals surface area (Å²) in [6, 6.07) is 7.78. The number of carbonyl (C=O) groups excluding carboxylic acids is 2. The number of thiophene rings is 1. The fourth-order valence-electron chi connectivity index (χ4n) is 5.53. The standard InChI is InChI=1S/C34H47N7O6S/c1-34(6-11-40(12-7-34)32(42)5-14-44-16-18-46-20-21-47-19-17-45-15-8-35)26-41-25-28(24-38-41)29-2-3-30(48-29)33(43)37-23-27-4-10-39-13-9-36-31(39)22-27/h2-4,9-10,13,22,24-25H,5-8,11-12,14-21,23,26,35H2,1H3,(H,37,43). The molecule has 3 N–H and O–H groups in total. The van der Waals surface area contributed by atoms with Crippen LogP contribution < -0.4 is 11.1 Å². The first-order chi connectivity index (χ1) is 23.4. The average Bonchev–Trinajstić information content (AvgIpc) is 3.87. The Morgan fingerprint density at radius 1 is 0.958 bits per heavy atom. The predicted octanol–water partition coefficient (Wildman–Crippen LogP) is 3.23. The molecule has 1 aliphatic heterocycles. The number of rotatable bonds is 20. The maximum atomic E-state index is 12.8. The highest BCUT2D eigenvalue weighted by atomic mass is 32.1. The van der Waals surface area contributed by atoms with Crippen molar-refractivity contribution in [2.24, 2.45) is 11.1 Å². The van der Waals surface area contributed by atoms with Crippen LogP contribution >= 0.6 is 11.3 Å². The van der Waals surface area contributed by atoms with Crippen LogP contribution in [0.15, 0.2) is 55.2 Å². The molecule has 0 atom stereocenters. The lowest BCUT2D eigenvalue weighted by atomic mass is 9.80. The Labute approximate surface area is 285 Å². The number of fused-ring (bicyclic) bond motifs is 1. The number of imidazole rings is 1. The number of carbonyl (C=O) groups is 2. The minimum Gasteiger partial charge on any atom is -0.379 e. The molecule has 0 radical (unpaired) electrons. The molecule has 5 rings (SSSR count). The summed E-state index contributed by atoms with van der Waals surface area (Å²) in [5.74, 6) is 0.0240. The zero-order valence-electron chi connectivity index (χ0n) is 27.7. The van der Waals surface area contributed by atoms with E-state index in [0.717, 1.165) is 54.1 Å². The van der Waals surface area contributed by atoms with Crippen molar-refractivity contribution in [2.75, 3.05) is 72.5 Å². The van der Waals surface area contributed by atoms with E-state index in [0.29, 0.717) is 77.2 Å². The van der Waals surface area contributed by atoms with Gasteiger partial charge in [0.05, 0.1) is 70.3 Å². The van der Waals surface area contributed by atoms with Crippen LogP contribution in [0.1, 0.15) is 41.4 Å². The van der Waals surface area contributed by atoms with Gasteiger partial charge in [-0.15, -0.1) is 11.3 Å². The van der Waals surface area contributed by atoms with E-state index in [2.05, 4.69) is 22.3 Å². The second-order valence-corrected chi connectivity index (χ2v) is 13.3. The van der Waals surface area contributed by atoms with Crippen molar-refractivity contribution >= 4 is 28.8 Å². The zero-order valence-corrected chi connectivity index (χ0v) is 28.5. The lowest BCUT2D eigenvalue weighted by Gasteiger charge is -2.39. The Balaban J connectivity index is 0.958. The second kappa shape index (κ2) is 18.2. The van der Waals surface area contributed by atoms with E-state index in [4.69, 9.17) is 24.7 Å². The summed E-state index contributed by atoms with van der Waals surface area (Å²) in [5.41, 5.74) is 8.23. The summed E-state index contributed by atoms with van der Waals surface area (Å²) in [4.78, 5) is 33.5. The van der Waals surface area contributed by atoms with Crippen molar-refractivity contribution in [1.82, 2.24) is 29.4 Å². The molecular weight excluding hydrogens is 634 g/mol. The van der Waals surface area contributed by atoms with Crippen LogP contribution in [-0.4, -0.2) is 108 Å². The van der Waals surface area contributed by atoms with E-state index in [-0.39, 0.29) is 17.2 Å². The summed E-state index contributed by atoms with van der Waals surface area (Å²) in [6.45, 7) is 9.31. The lowest BCUT2D eigenvalue weighted by molar-refractivity contribution is -0.134. The Bertz CT molecular complexity index is 1580. The molecular formula is C34H47N7O6S. The molecule has 13 nitrogen and oxygen atoms in total. The van der Waals surface area contributed by atoms with Crippen LogP contribution in [0.4, 0.5) is 0 Å². The largest absolute Gasteiger partial charge is 0.379 e. The highest BCUT2D eigenvalue weighted by Gasteiger charge is 2.32. The van der Waals surface area contributed by atoms with Crippen LogP contribution in [0.3, 0.4) is 0 Å². The molecule has 0 aliphatic carbocycles. The topological polar surface area (TPSA) is 147 Å². The lowest BCUT2D eigenvalue weighted by Crippen LogP contribution is -2.43. The van der Waals surface area contributed by atoms with E-state index in [1.165, 1.54) is 11.3 Å². The van der Waals surface area contributed by atoms with Crippen LogP contribution in [-0.2, 0) is 36.8 Å². The van der Waals surface area contributed by atoms with Gasteiger partial charge in [-0.2, -0.15) is 5.10 Å². The third-order valence-electron chi connectivity index (χ3n) is 8.37. The normalized spacial score (nSPS) is 14.5. The van der Waals surface area contributed by atoms with Crippen molar-refractivity contribution in [3.05, 3.63) is 65.7 Å².